The molecule has 1 aliphatic carbocycles. The van der Waals surface area contributed by atoms with Gasteiger partial charge in [0.25, 0.3) is 0 Å². The van der Waals surface area contributed by atoms with Gasteiger partial charge in [-0.15, -0.1) is 0 Å². The van der Waals surface area contributed by atoms with Gasteiger partial charge in [0, 0.05) is 27.2 Å². The molecule has 0 aromatic heterocycles. The van der Waals surface area contributed by atoms with E-state index in [1.807, 2.05) is 0 Å². The van der Waals surface area contributed by atoms with Crippen molar-refractivity contribution < 1.29 is 0 Å². The molecule has 2 nitrogen and oxygen atoms in total. The number of hydrogen-bond acceptors (Lipinski definition) is 2. The Bertz CT molecular complexity index is 119. The molecule has 0 saturated heterocycles. The van der Waals surface area contributed by atoms with E-state index in [-0.39, 0.29) is 0 Å². The lowest BCUT2D eigenvalue weighted by Gasteiger charge is -2.30. The van der Waals surface area contributed by atoms with Gasteiger partial charge in [-0.1, -0.05) is 12.8 Å². The average Bonchev–Trinajstić information content (AvgIpc) is 2.69. The van der Waals surface area contributed by atoms with Crippen molar-refractivity contribution in [1.29, 1.82) is 0 Å². The summed E-state index contributed by atoms with van der Waals surface area (Å²) >= 11 is 0. The van der Waals surface area contributed by atoms with Crippen molar-refractivity contribution in [3.8, 4) is 0 Å². The molecular formula is C9H20N2. The van der Waals surface area contributed by atoms with Crippen LogP contribution in [-0.2, 0) is 0 Å². The Morgan fingerprint density at radius 1 is 1.27 bits per heavy atom. The van der Waals surface area contributed by atoms with Crippen LogP contribution in [0, 0.1) is 5.92 Å². The van der Waals surface area contributed by atoms with Crippen molar-refractivity contribution >= 4 is 0 Å². The van der Waals surface area contributed by atoms with Gasteiger partial charge in [-0.25, -0.2) is 10.0 Å². The largest absolute Gasteiger partial charge is 0.248 e. The first-order chi connectivity index (χ1) is 5.11. The van der Waals surface area contributed by atoms with Crippen LogP contribution in [0.5, 0.6) is 0 Å². The highest BCUT2D eigenvalue weighted by atomic mass is 15.6. The molecule has 1 aliphatic rings. The van der Waals surface area contributed by atoms with Crippen molar-refractivity contribution in [2.45, 2.75) is 32.2 Å². The zero-order valence-corrected chi connectivity index (χ0v) is 8.17. The Kier molecular flexibility index (Phi) is 2.90. The van der Waals surface area contributed by atoms with Gasteiger partial charge in [-0.3, -0.25) is 0 Å². The summed E-state index contributed by atoms with van der Waals surface area (Å²) in [5, 5.41) is 4.46. The summed E-state index contributed by atoms with van der Waals surface area (Å²) < 4.78 is 0. The van der Waals surface area contributed by atoms with Crippen molar-refractivity contribution in [3.05, 3.63) is 0 Å². The molecule has 0 radical (unpaired) electrons. The zero-order valence-electron chi connectivity index (χ0n) is 8.17. The quantitative estimate of drug-likeness (QED) is 0.570. The van der Waals surface area contributed by atoms with E-state index in [2.05, 4.69) is 38.1 Å². The van der Waals surface area contributed by atoms with Crippen LogP contribution in [0.2, 0.25) is 0 Å². The molecule has 0 N–H and O–H groups in total. The molecule has 0 aromatic rings. The third kappa shape index (κ3) is 2.80. The van der Waals surface area contributed by atoms with Gasteiger partial charge in [0.1, 0.15) is 0 Å². The van der Waals surface area contributed by atoms with Gasteiger partial charge in [-0.2, -0.15) is 0 Å². The first-order valence-electron chi connectivity index (χ1n) is 4.51. The molecule has 0 bridgehead atoms. The van der Waals surface area contributed by atoms with Crippen molar-refractivity contribution in [2.24, 2.45) is 5.92 Å². The minimum Gasteiger partial charge on any atom is -0.248 e. The Morgan fingerprint density at radius 2 is 1.82 bits per heavy atom. The summed E-state index contributed by atoms with van der Waals surface area (Å²) in [6.07, 6.45) is 4.30. The summed E-state index contributed by atoms with van der Waals surface area (Å²) in [4.78, 5) is 0. The smallest absolute Gasteiger partial charge is 0.0216 e. The van der Waals surface area contributed by atoms with Crippen LogP contribution < -0.4 is 0 Å². The van der Waals surface area contributed by atoms with Crippen LogP contribution in [0.1, 0.15) is 26.2 Å². The van der Waals surface area contributed by atoms with Crippen LogP contribution >= 0.6 is 0 Å². The van der Waals surface area contributed by atoms with E-state index >= 15 is 0 Å². The molecular weight excluding hydrogens is 136 g/mol. The van der Waals surface area contributed by atoms with E-state index < -0.39 is 0 Å². The maximum absolute atomic E-state index is 2.30. The molecule has 1 atom stereocenters. The van der Waals surface area contributed by atoms with E-state index in [1.54, 1.807) is 0 Å². The van der Waals surface area contributed by atoms with E-state index in [9.17, 15) is 0 Å². The van der Waals surface area contributed by atoms with Crippen LogP contribution in [0.25, 0.3) is 0 Å². The lowest BCUT2D eigenvalue weighted by Crippen LogP contribution is -2.40. The standard InChI is InChI=1S/C9H20N2/c1-8(7-9-5-6-9)11(4)10(2)3/h8-9H,5-7H2,1-4H3. The molecule has 1 unspecified atom stereocenters. The fraction of sp³-hybridized carbons (Fsp3) is 1.00. The maximum atomic E-state index is 2.30. The Morgan fingerprint density at radius 3 is 2.18 bits per heavy atom. The fourth-order valence-corrected chi connectivity index (χ4v) is 1.38. The topological polar surface area (TPSA) is 6.48 Å². The second-order valence-electron chi connectivity index (χ2n) is 3.95. The Hall–Kier alpha value is -0.0800. The van der Waals surface area contributed by atoms with E-state index in [1.165, 1.54) is 19.3 Å². The SMILES string of the molecule is CC(CC1CC1)N(C)N(C)C. The van der Waals surface area contributed by atoms with Crippen LogP contribution in [-0.4, -0.2) is 37.2 Å². The van der Waals surface area contributed by atoms with Crippen molar-refractivity contribution in [2.75, 3.05) is 21.1 Å². The van der Waals surface area contributed by atoms with Gasteiger partial charge in [0.2, 0.25) is 0 Å². The molecule has 66 valence electrons. The third-order valence-corrected chi connectivity index (χ3v) is 2.64. The lowest BCUT2D eigenvalue weighted by molar-refractivity contribution is 0.0119. The Labute approximate surface area is 70.1 Å². The van der Waals surface area contributed by atoms with E-state index in [4.69, 9.17) is 0 Å². The maximum Gasteiger partial charge on any atom is 0.0216 e. The van der Waals surface area contributed by atoms with Crippen LogP contribution in [0.3, 0.4) is 0 Å². The van der Waals surface area contributed by atoms with Gasteiger partial charge >= 0.3 is 0 Å². The molecule has 0 spiro atoms. The van der Waals surface area contributed by atoms with E-state index in [0.29, 0.717) is 6.04 Å². The number of hydrogen-bond donors (Lipinski definition) is 0. The van der Waals surface area contributed by atoms with Gasteiger partial charge in [0.15, 0.2) is 0 Å². The normalized spacial score (nSPS) is 21.3. The zero-order chi connectivity index (χ0) is 8.43. The summed E-state index contributed by atoms with van der Waals surface area (Å²) in [6, 6.07) is 0.706. The molecule has 2 heteroatoms. The van der Waals surface area contributed by atoms with Crippen LogP contribution in [0.15, 0.2) is 0 Å². The van der Waals surface area contributed by atoms with Crippen molar-refractivity contribution in [3.63, 3.8) is 0 Å². The summed E-state index contributed by atoms with van der Waals surface area (Å²) in [7, 11) is 6.36. The highest BCUT2D eigenvalue weighted by Crippen LogP contribution is 2.34. The van der Waals surface area contributed by atoms with Gasteiger partial charge in [-0.05, 0) is 19.3 Å². The highest BCUT2D eigenvalue weighted by molar-refractivity contribution is 4.77. The van der Waals surface area contributed by atoms with E-state index in [0.717, 1.165) is 5.92 Å². The molecule has 0 aliphatic heterocycles. The molecule has 1 fully saturated rings. The summed E-state index contributed by atoms with van der Waals surface area (Å²) in [5.41, 5.74) is 0. The minimum atomic E-state index is 0.706. The molecule has 1 rings (SSSR count). The fourth-order valence-electron chi connectivity index (χ4n) is 1.38. The minimum absolute atomic E-state index is 0.706. The average molecular weight is 156 g/mol. The van der Waals surface area contributed by atoms with Crippen molar-refractivity contribution in [1.82, 2.24) is 10.0 Å². The highest BCUT2D eigenvalue weighted by Gasteiger charge is 2.25. The van der Waals surface area contributed by atoms with Gasteiger partial charge in [0.05, 0.1) is 0 Å². The monoisotopic (exact) mass is 156 g/mol. The number of rotatable bonds is 4. The summed E-state index contributed by atoms with van der Waals surface area (Å²) in [6.45, 7) is 2.30. The molecule has 0 amide bonds. The third-order valence-electron chi connectivity index (χ3n) is 2.64. The first kappa shape index (κ1) is 9.01. The molecule has 0 aromatic carbocycles. The number of nitrogens with zero attached hydrogens (tertiary/aromatic N) is 2. The Balaban J connectivity index is 2.20. The number of hydrazine groups is 1. The molecule has 11 heavy (non-hydrogen) atoms. The van der Waals surface area contributed by atoms with Gasteiger partial charge < -0.3 is 0 Å². The van der Waals surface area contributed by atoms with Crippen LogP contribution in [0.4, 0.5) is 0 Å². The predicted molar refractivity (Wildman–Crippen MR) is 48.3 cm³/mol. The first-order valence-corrected chi connectivity index (χ1v) is 4.51. The lowest BCUT2D eigenvalue weighted by atomic mass is 10.1. The predicted octanol–water partition coefficient (Wildman–Crippen LogP) is 1.58. The molecule has 0 heterocycles. The molecule has 1 saturated carbocycles. The second-order valence-corrected chi connectivity index (χ2v) is 3.95. The summed E-state index contributed by atoms with van der Waals surface area (Å²) in [5.74, 6) is 1.03. The second kappa shape index (κ2) is 3.55.